The molecule has 108 valence electrons. The number of ether oxygens (including phenoxy) is 2. The van der Waals surface area contributed by atoms with E-state index in [9.17, 15) is 0 Å². The van der Waals surface area contributed by atoms with E-state index in [0.29, 0.717) is 6.04 Å². The summed E-state index contributed by atoms with van der Waals surface area (Å²) in [4.78, 5) is 0. The van der Waals surface area contributed by atoms with Crippen molar-refractivity contribution >= 4 is 15.9 Å². The van der Waals surface area contributed by atoms with Crippen LogP contribution < -0.4 is 10.1 Å². The van der Waals surface area contributed by atoms with E-state index in [1.54, 1.807) is 7.11 Å². The molecule has 1 N–H and O–H groups in total. The van der Waals surface area contributed by atoms with Crippen LogP contribution in [0.2, 0.25) is 0 Å². The molecule has 19 heavy (non-hydrogen) atoms. The van der Waals surface area contributed by atoms with E-state index in [1.165, 1.54) is 5.56 Å². The molecule has 0 aliphatic rings. The van der Waals surface area contributed by atoms with Crippen LogP contribution in [0.15, 0.2) is 22.7 Å². The summed E-state index contributed by atoms with van der Waals surface area (Å²) in [6.45, 7) is 3.77. The molecule has 0 saturated carbocycles. The topological polar surface area (TPSA) is 30.5 Å². The van der Waals surface area contributed by atoms with Crippen molar-refractivity contribution in [3.05, 3.63) is 28.2 Å². The minimum Gasteiger partial charge on any atom is -0.496 e. The molecule has 1 unspecified atom stereocenters. The first-order chi connectivity index (χ1) is 9.21. The summed E-state index contributed by atoms with van der Waals surface area (Å²) in [7, 11) is 3.71. The average Bonchev–Trinajstić information content (AvgIpc) is 2.42. The van der Waals surface area contributed by atoms with E-state index < -0.39 is 0 Å². The lowest BCUT2D eigenvalue weighted by atomic mass is 10.0. The Kier molecular flexibility index (Phi) is 8.10. The summed E-state index contributed by atoms with van der Waals surface area (Å²) in [6.07, 6.45) is 3.02. The van der Waals surface area contributed by atoms with Gasteiger partial charge in [0.25, 0.3) is 0 Å². The van der Waals surface area contributed by atoms with Gasteiger partial charge in [-0.2, -0.15) is 0 Å². The standard InChI is InChI=1S/C15H24BrNO2/c1-4-8-19-9-7-14(17-2)11-12-10-13(16)5-6-15(12)18-3/h5-6,10,14,17H,4,7-9,11H2,1-3H3. The first-order valence-electron chi connectivity index (χ1n) is 6.78. The van der Waals surface area contributed by atoms with Crippen LogP contribution in [0.5, 0.6) is 5.75 Å². The maximum absolute atomic E-state index is 5.55. The van der Waals surface area contributed by atoms with Crippen LogP contribution in [0.4, 0.5) is 0 Å². The van der Waals surface area contributed by atoms with Crippen molar-refractivity contribution in [2.75, 3.05) is 27.4 Å². The van der Waals surface area contributed by atoms with Gasteiger partial charge < -0.3 is 14.8 Å². The molecule has 0 bridgehead atoms. The molecular weight excluding hydrogens is 306 g/mol. The first-order valence-corrected chi connectivity index (χ1v) is 7.58. The minimum absolute atomic E-state index is 0.403. The summed E-state index contributed by atoms with van der Waals surface area (Å²) in [6, 6.07) is 6.52. The van der Waals surface area contributed by atoms with Crippen molar-refractivity contribution in [1.82, 2.24) is 5.32 Å². The highest BCUT2D eigenvalue weighted by atomic mass is 79.9. The summed E-state index contributed by atoms with van der Waals surface area (Å²) in [5.41, 5.74) is 1.21. The second-order valence-electron chi connectivity index (χ2n) is 4.55. The van der Waals surface area contributed by atoms with E-state index in [1.807, 2.05) is 19.2 Å². The Labute approximate surface area is 124 Å². The van der Waals surface area contributed by atoms with Gasteiger partial charge in [-0.1, -0.05) is 22.9 Å². The zero-order chi connectivity index (χ0) is 14.1. The Morgan fingerprint density at radius 3 is 2.74 bits per heavy atom. The summed E-state index contributed by atoms with van der Waals surface area (Å²) in [5, 5.41) is 3.35. The molecule has 0 aromatic heterocycles. The molecule has 0 spiro atoms. The van der Waals surface area contributed by atoms with Gasteiger partial charge in [0, 0.05) is 23.7 Å². The molecule has 1 rings (SSSR count). The smallest absolute Gasteiger partial charge is 0.122 e. The molecule has 1 atom stereocenters. The lowest BCUT2D eigenvalue weighted by molar-refractivity contribution is 0.125. The molecule has 3 nitrogen and oxygen atoms in total. The van der Waals surface area contributed by atoms with Crippen molar-refractivity contribution in [2.24, 2.45) is 0 Å². The Morgan fingerprint density at radius 2 is 2.11 bits per heavy atom. The molecule has 0 radical (unpaired) electrons. The second kappa shape index (κ2) is 9.34. The number of rotatable bonds is 9. The largest absolute Gasteiger partial charge is 0.496 e. The summed E-state index contributed by atoms with van der Waals surface area (Å²) in [5.74, 6) is 0.943. The predicted octanol–water partition coefficient (Wildman–Crippen LogP) is 3.40. The number of nitrogens with one attached hydrogen (secondary N) is 1. The number of likely N-dealkylation sites (N-methyl/N-ethyl adjacent to an activating group) is 1. The molecule has 0 saturated heterocycles. The summed E-state index contributed by atoms with van der Waals surface area (Å²) < 4.78 is 12.0. The van der Waals surface area contributed by atoms with Crippen LogP contribution in [0.1, 0.15) is 25.3 Å². The van der Waals surface area contributed by atoms with Crippen LogP contribution in [0.3, 0.4) is 0 Å². The zero-order valence-corrected chi connectivity index (χ0v) is 13.6. The minimum atomic E-state index is 0.403. The van der Waals surface area contributed by atoms with Crippen LogP contribution >= 0.6 is 15.9 Å². The van der Waals surface area contributed by atoms with Crippen LogP contribution in [0.25, 0.3) is 0 Å². The molecule has 1 aromatic carbocycles. The Balaban J connectivity index is 2.56. The number of benzene rings is 1. The van der Waals surface area contributed by atoms with Gasteiger partial charge in [0.05, 0.1) is 7.11 Å². The Morgan fingerprint density at radius 1 is 1.32 bits per heavy atom. The third-order valence-electron chi connectivity index (χ3n) is 3.08. The second-order valence-corrected chi connectivity index (χ2v) is 5.46. The van der Waals surface area contributed by atoms with Gasteiger partial charge in [0.2, 0.25) is 0 Å². The molecule has 0 heterocycles. The monoisotopic (exact) mass is 329 g/mol. The van der Waals surface area contributed by atoms with Crippen molar-refractivity contribution in [1.29, 1.82) is 0 Å². The summed E-state index contributed by atoms with van der Waals surface area (Å²) >= 11 is 3.51. The number of methoxy groups -OCH3 is 1. The van der Waals surface area contributed by atoms with Gasteiger partial charge in [-0.05, 0) is 50.1 Å². The fraction of sp³-hybridized carbons (Fsp3) is 0.600. The lowest BCUT2D eigenvalue weighted by Gasteiger charge is -2.18. The third-order valence-corrected chi connectivity index (χ3v) is 3.57. The van der Waals surface area contributed by atoms with Crippen molar-refractivity contribution in [2.45, 2.75) is 32.2 Å². The van der Waals surface area contributed by atoms with E-state index in [2.05, 4.69) is 34.2 Å². The van der Waals surface area contributed by atoms with Gasteiger partial charge >= 0.3 is 0 Å². The fourth-order valence-corrected chi connectivity index (χ4v) is 2.40. The maximum Gasteiger partial charge on any atom is 0.122 e. The first kappa shape index (κ1) is 16.5. The van der Waals surface area contributed by atoms with Crippen LogP contribution in [0, 0.1) is 0 Å². The maximum atomic E-state index is 5.55. The normalized spacial score (nSPS) is 12.4. The van der Waals surface area contributed by atoms with E-state index >= 15 is 0 Å². The Bertz CT molecular complexity index is 371. The average molecular weight is 330 g/mol. The SMILES string of the molecule is CCCOCCC(Cc1cc(Br)ccc1OC)NC. The molecular formula is C15H24BrNO2. The van der Waals surface area contributed by atoms with Gasteiger partial charge in [-0.25, -0.2) is 0 Å². The van der Waals surface area contributed by atoms with E-state index in [4.69, 9.17) is 9.47 Å². The third kappa shape index (κ3) is 5.93. The van der Waals surface area contributed by atoms with Gasteiger partial charge in [0.1, 0.15) is 5.75 Å². The zero-order valence-electron chi connectivity index (χ0n) is 12.0. The van der Waals surface area contributed by atoms with Crippen molar-refractivity contribution < 1.29 is 9.47 Å². The quantitative estimate of drug-likeness (QED) is 0.704. The number of halogens is 1. The van der Waals surface area contributed by atoms with Crippen LogP contribution in [-0.4, -0.2) is 33.4 Å². The number of hydrogen-bond donors (Lipinski definition) is 1. The molecule has 0 aliphatic heterocycles. The van der Waals surface area contributed by atoms with Gasteiger partial charge in [-0.3, -0.25) is 0 Å². The molecule has 4 heteroatoms. The van der Waals surface area contributed by atoms with Crippen LogP contribution in [-0.2, 0) is 11.2 Å². The molecule has 0 fully saturated rings. The lowest BCUT2D eigenvalue weighted by Crippen LogP contribution is -2.29. The Hall–Kier alpha value is -0.580. The molecule has 0 aliphatic carbocycles. The van der Waals surface area contributed by atoms with Crippen molar-refractivity contribution in [3.63, 3.8) is 0 Å². The van der Waals surface area contributed by atoms with E-state index in [0.717, 1.165) is 42.7 Å². The fourth-order valence-electron chi connectivity index (χ4n) is 1.99. The highest BCUT2D eigenvalue weighted by Crippen LogP contribution is 2.24. The molecule has 0 amide bonds. The van der Waals surface area contributed by atoms with Gasteiger partial charge in [-0.15, -0.1) is 0 Å². The van der Waals surface area contributed by atoms with Crippen molar-refractivity contribution in [3.8, 4) is 5.75 Å². The number of hydrogen-bond acceptors (Lipinski definition) is 3. The van der Waals surface area contributed by atoms with E-state index in [-0.39, 0.29) is 0 Å². The van der Waals surface area contributed by atoms with Gasteiger partial charge in [0.15, 0.2) is 0 Å². The highest BCUT2D eigenvalue weighted by molar-refractivity contribution is 9.10. The molecule has 1 aromatic rings. The predicted molar refractivity (Wildman–Crippen MR) is 83.0 cm³/mol. The highest BCUT2D eigenvalue weighted by Gasteiger charge is 2.11.